The molecule has 0 radical (unpaired) electrons. The van der Waals surface area contributed by atoms with Crippen LogP contribution in [-0.4, -0.2) is 83.8 Å². The summed E-state index contributed by atoms with van der Waals surface area (Å²) in [7, 11) is 0. The third-order valence-corrected chi connectivity index (χ3v) is 6.00. The van der Waals surface area contributed by atoms with E-state index in [1.807, 2.05) is 30.6 Å². The molecular formula is C25H28F7N3O5. The molecule has 2 aliphatic heterocycles. The van der Waals surface area contributed by atoms with Crippen LogP contribution >= 0.6 is 0 Å². The van der Waals surface area contributed by atoms with E-state index in [-0.39, 0.29) is 11.2 Å². The number of pyridine rings is 1. The summed E-state index contributed by atoms with van der Waals surface area (Å²) < 4.78 is 82.6. The van der Waals surface area contributed by atoms with Gasteiger partial charge in [-0.3, -0.25) is 9.88 Å². The molecule has 8 nitrogen and oxygen atoms in total. The number of piperidine rings is 1. The number of hydrogen-bond donors (Lipinski definition) is 2. The second-order valence-corrected chi connectivity index (χ2v) is 9.23. The third-order valence-electron chi connectivity index (χ3n) is 6.00. The van der Waals surface area contributed by atoms with Gasteiger partial charge in [0.2, 0.25) is 0 Å². The fraction of sp³-hybridized carbons (Fsp3) is 0.480. The van der Waals surface area contributed by atoms with E-state index in [0.29, 0.717) is 0 Å². The molecular weight excluding hydrogens is 555 g/mol. The molecule has 15 heteroatoms. The van der Waals surface area contributed by atoms with Gasteiger partial charge < -0.3 is 19.8 Å². The predicted octanol–water partition coefficient (Wildman–Crippen LogP) is 4.61. The van der Waals surface area contributed by atoms with E-state index >= 15 is 0 Å². The molecule has 3 heterocycles. The Labute approximate surface area is 225 Å². The lowest BCUT2D eigenvalue weighted by Crippen LogP contribution is -2.50. The van der Waals surface area contributed by atoms with Crippen molar-refractivity contribution in [3.05, 3.63) is 60.2 Å². The summed E-state index contributed by atoms with van der Waals surface area (Å²) in [5, 5.41) is 14.2. The van der Waals surface area contributed by atoms with Crippen LogP contribution in [0.25, 0.3) is 0 Å². The fourth-order valence-electron chi connectivity index (χ4n) is 4.29. The average molecular weight is 584 g/mol. The van der Waals surface area contributed by atoms with Gasteiger partial charge in [-0.05, 0) is 49.2 Å². The molecule has 2 fully saturated rings. The van der Waals surface area contributed by atoms with Gasteiger partial charge in [0.05, 0.1) is 25.1 Å². The van der Waals surface area contributed by atoms with Crippen LogP contribution in [0.5, 0.6) is 0 Å². The first kappa shape index (κ1) is 32.8. The second kappa shape index (κ2) is 14.3. The van der Waals surface area contributed by atoms with Crippen LogP contribution in [0.15, 0.2) is 48.8 Å². The lowest BCUT2D eigenvalue weighted by atomic mass is 9.80. The predicted molar refractivity (Wildman–Crippen MR) is 128 cm³/mol. The van der Waals surface area contributed by atoms with Gasteiger partial charge >= 0.3 is 24.3 Å². The third kappa shape index (κ3) is 11.0. The van der Waals surface area contributed by atoms with Gasteiger partial charge in [0.25, 0.3) is 0 Å². The van der Waals surface area contributed by atoms with E-state index in [9.17, 15) is 30.7 Å². The van der Waals surface area contributed by atoms with Crippen LogP contribution in [0.1, 0.15) is 18.4 Å². The van der Waals surface area contributed by atoms with Gasteiger partial charge in [-0.2, -0.15) is 26.3 Å². The van der Waals surface area contributed by atoms with E-state index in [0.717, 1.165) is 45.9 Å². The Kier molecular flexibility index (Phi) is 11.7. The number of carboxylic acid groups (broad SMARTS) is 2. The monoisotopic (exact) mass is 583 g/mol. The molecule has 4 rings (SSSR count). The van der Waals surface area contributed by atoms with Gasteiger partial charge in [0.1, 0.15) is 5.82 Å². The normalized spacial score (nSPS) is 19.9. The number of anilines is 1. The number of benzene rings is 1. The molecule has 0 bridgehead atoms. The minimum atomic E-state index is -5.08. The van der Waals surface area contributed by atoms with Gasteiger partial charge in [0.15, 0.2) is 0 Å². The summed E-state index contributed by atoms with van der Waals surface area (Å²) in [5.41, 5.74) is 2.49. The second-order valence-electron chi connectivity index (χ2n) is 9.23. The molecule has 1 aromatic heterocycles. The first-order chi connectivity index (χ1) is 18.6. The molecule has 1 atom stereocenters. The zero-order chi connectivity index (χ0) is 30.0. The Bertz CT molecular complexity index is 1060. The van der Waals surface area contributed by atoms with Crippen molar-refractivity contribution in [3.8, 4) is 0 Å². The Morgan fingerprint density at radius 2 is 1.55 bits per heavy atom. The number of hydrogen-bond acceptors (Lipinski definition) is 6. The number of likely N-dealkylation sites (tertiary alicyclic amines) is 1. The number of carbonyl (C=O) groups is 2. The van der Waals surface area contributed by atoms with Crippen LogP contribution in [-0.2, 0) is 20.9 Å². The van der Waals surface area contributed by atoms with Crippen LogP contribution in [0.2, 0.25) is 0 Å². The number of aromatic nitrogens is 1. The van der Waals surface area contributed by atoms with Crippen molar-refractivity contribution in [3.63, 3.8) is 0 Å². The summed E-state index contributed by atoms with van der Waals surface area (Å²) >= 11 is 0. The highest BCUT2D eigenvalue weighted by atomic mass is 19.4. The molecule has 0 amide bonds. The molecule has 0 saturated carbocycles. The Morgan fingerprint density at radius 1 is 0.950 bits per heavy atom. The van der Waals surface area contributed by atoms with Crippen molar-refractivity contribution in [2.75, 3.05) is 44.3 Å². The number of alkyl halides is 6. The van der Waals surface area contributed by atoms with Crippen molar-refractivity contribution in [2.45, 2.75) is 31.7 Å². The molecule has 2 N–H and O–H groups in total. The van der Waals surface area contributed by atoms with Crippen LogP contribution in [0, 0.1) is 11.2 Å². The number of halogens is 7. The summed E-state index contributed by atoms with van der Waals surface area (Å²) in [4.78, 5) is 27.0. The summed E-state index contributed by atoms with van der Waals surface area (Å²) in [6.45, 7) is 6.45. The molecule has 40 heavy (non-hydrogen) atoms. The summed E-state index contributed by atoms with van der Waals surface area (Å²) in [6, 6.07) is 11.0. The molecule has 222 valence electrons. The Hall–Kier alpha value is -3.46. The van der Waals surface area contributed by atoms with Crippen molar-refractivity contribution in [2.24, 2.45) is 5.41 Å². The largest absolute Gasteiger partial charge is 0.490 e. The lowest BCUT2D eigenvalue weighted by molar-refractivity contribution is -0.193. The maximum Gasteiger partial charge on any atom is 0.490 e. The minimum absolute atomic E-state index is 0.143. The van der Waals surface area contributed by atoms with E-state index < -0.39 is 24.3 Å². The maximum atomic E-state index is 13.2. The number of carboxylic acids is 2. The smallest absolute Gasteiger partial charge is 0.475 e. The molecule has 1 aromatic carbocycles. The van der Waals surface area contributed by atoms with Gasteiger partial charge in [-0.15, -0.1) is 0 Å². The summed E-state index contributed by atoms with van der Waals surface area (Å²) in [5.74, 6) is -5.69. The zero-order valence-corrected chi connectivity index (χ0v) is 21.1. The molecule has 2 saturated heterocycles. The Balaban J connectivity index is 0.000000333. The first-order valence-corrected chi connectivity index (χ1v) is 11.9. The average Bonchev–Trinajstić information content (AvgIpc) is 3.08. The molecule has 2 aromatic rings. The zero-order valence-electron chi connectivity index (χ0n) is 21.1. The van der Waals surface area contributed by atoms with E-state index in [1.54, 1.807) is 12.1 Å². The highest BCUT2D eigenvalue weighted by Gasteiger charge is 2.40. The van der Waals surface area contributed by atoms with Crippen molar-refractivity contribution >= 4 is 17.6 Å². The lowest BCUT2D eigenvalue weighted by Gasteiger charge is -2.44. The summed E-state index contributed by atoms with van der Waals surface area (Å²) in [6.07, 6.45) is -4.05. The number of rotatable bonds is 3. The molecule has 1 spiro atoms. The van der Waals surface area contributed by atoms with Crippen LogP contribution < -0.4 is 4.90 Å². The molecule has 2 aliphatic rings. The quantitative estimate of drug-likeness (QED) is 0.506. The standard InChI is InChI=1S/C21H26FN3O.2C2HF3O2/c22-19-6-4-18(5-7-19)14-24-10-2-8-21(15-24)16-25(11-12-26-17-21)20-3-1-9-23-13-20;2*3-2(4,5)1(6)7/h1,3-7,9,13H,2,8,10-12,14-17H2;2*(H,6,7). The van der Waals surface area contributed by atoms with E-state index in [2.05, 4.69) is 20.9 Å². The highest BCUT2D eigenvalue weighted by molar-refractivity contribution is 5.73. The first-order valence-electron chi connectivity index (χ1n) is 11.9. The number of nitrogens with zero attached hydrogens (tertiary/aromatic N) is 3. The number of aliphatic carboxylic acids is 2. The SMILES string of the molecule is Fc1ccc(CN2CCCC3(COCCN(c4cccnc4)C3)C2)cc1.O=C(O)C(F)(F)F.O=C(O)C(F)(F)F. The van der Waals surface area contributed by atoms with Crippen LogP contribution in [0.4, 0.5) is 36.4 Å². The molecule has 0 aliphatic carbocycles. The minimum Gasteiger partial charge on any atom is -0.475 e. The van der Waals surface area contributed by atoms with Crippen molar-refractivity contribution in [1.82, 2.24) is 9.88 Å². The van der Waals surface area contributed by atoms with E-state index in [4.69, 9.17) is 24.5 Å². The maximum absolute atomic E-state index is 13.2. The van der Waals surface area contributed by atoms with Gasteiger partial charge in [-0.25, -0.2) is 14.0 Å². The van der Waals surface area contributed by atoms with Gasteiger partial charge in [-0.1, -0.05) is 12.1 Å². The van der Waals surface area contributed by atoms with Crippen LogP contribution in [0.3, 0.4) is 0 Å². The highest BCUT2D eigenvalue weighted by Crippen LogP contribution is 2.35. The fourth-order valence-corrected chi connectivity index (χ4v) is 4.29. The molecule has 1 unspecified atom stereocenters. The van der Waals surface area contributed by atoms with Crippen molar-refractivity contribution in [1.29, 1.82) is 0 Å². The Morgan fingerprint density at radius 3 is 2.08 bits per heavy atom. The van der Waals surface area contributed by atoms with Gasteiger partial charge in [0, 0.05) is 37.8 Å². The topological polar surface area (TPSA) is 103 Å². The van der Waals surface area contributed by atoms with E-state index in [1.165, 1.54) is 24.1 Å². The van der Waals surface area contributed by atoms with Crippen molar-refractivity contribution < 1.29 is 55.3 Å². The number of ether oxygens (including phenoxy) is 1.